The van der Waals surface area contributed by atoms with Gasteiger partial charge in [0.2, 0.25) is 6.41 Å². The summed E-state index contributed by atoms with van der Waals surface area (Å²) < 4.78 is 0. The summed E-state index contributed by atoms with van der Waals surface area (Å²) >= 11 is 0. The van der Waals surface area contributed by atoms with E-state index < -0.39 is 0 Å². The molecule has 0 aromatic carbocycles. The summed E-state index contributed by atoms with van der Waals surface area (Å²) in [5, 5.41) is 2.25. The van der Waals surface area contributed by atoms with Gasteiger partial charge in [-0.3, -0.25) is 4.79 Å². The third kappa shape index (κ3) is 15.8. The Morgan fingerprint density at radius 2 is 2.00 bits per heavy atom. The summed E-state index contributed by atoms with van der Waals surface area (Å²) in [6.45, 7) is 0. The summed E-state index contributed by atoms with van der Waals surface area (Å²) in [5.41, 5.74) is 0. The summed E-state index contributed by atoms with van der Waals surface area (Å²) in [7, 11) is 1.56. The van der Waals surface area contributed by atoms with Gasteiger partial charge in [0.05, 0.1) is 0 Å². The van der Waals surface area contributed by atoms with Gasteiger partial charge in [-0.05, 0) is 0 Å². The molecule has 0 saturated carbocycles. The fraction of sp³-hybridized carbons (Fsp3) is 0.500. The van der Waals surface area contributed by atoms with Crippen LogP contribution in [0.4, 0.5) is 0 Å². The van der Waals surface area contributed by atoms with Crippen LogP contribution in [0.5, 0.6) is 0 Å². The van der Waals surface area contributed by atoms with Gasteiger partial charge in [0.15, 0.2) is 0 Å². The molecule has 5 heavy (non-hydrogen) atoms. The van der Waals surface area contributed by atoms with Crippen LogP contribution in [0.1, 0.15) is 0 Å². The molecule has 3 heteroatoms. The van der Waals surface area contributed by atoms with Crippen LogP contribution in [-0.2, 0) is 4.79 Å². The van der Waals surface area contributed by atoms with E-state index >= 15 is 0 Å². The number of amides is 1. The first kappa shape index (κ1) is 8.89. The van der Waals surface area contributed by atoms with Gasteiger partial charge in [-0.2, -0.15) is 0 Å². The van der Waals surface area contributed by atoms with Crippen molar-refractivity contribution in [3.05, 3.63) is 0 Å². The molecule has 0 saturated heterocycles. The van der Waals surface area contributed by atoms with Gasteiger partial charge in [-0.1, -0.05) is 0 Å². The third-order valence-corrected chi connectivity index (χ3v) is 0.118. The van der Waals surface area contributed by atoms with Crippen molar-refractivity contribution < 1.29 is 4.79 Å². The van der Waals surface area contributed by atoms with Crippen LogP contribution in [0.2, 0.25) is 0 Å². The van der Waals surface area contributed by atoms with Crippen molar-refractivity contribution >= 4 is 24.0 Å². The van der Waals surface area contributed by atoms with Gasteiger partial charge in [-0.25, -0.2) is 0 Å². The van der Waals surface area contributed by atoms with Crippen molar-refractivity contribution in [1.29, 1.82) is 0 Å². The molecule has 0 aliphatic carbocycles. The maximum absolute atomic E-state index is 9.06. The van der Waals surface area contributed by atoms with Gasteiger partial charge in [0.1, 0.15) is 0 Å². The van der Waals surface area contributed by atoms with Crippen LogP contribution in [-0.4, -0.2) is 31.1 Å². The fourth-order valence-electron chi connectivity index (χ4n) is 0. The number of hydrogen-bond donors (Lipinski definition) is 1. The predicted octanol–water partition coefficient (Wildman–Crippen LogP) is -2.09. The normalized spacial score (nSPS) is 4.20. The standard InChI is InChI=1S/C2H5NO.GeH4/c1-3-2-4;/h2H,1H3,(H,3,4);1H4. The number of carbonyl (C=O) groups is 1. The Bertz CT molecular complexity index is 23.6. The van der Waals surface area contributed by atoms with Crippen LogP contribution in [0.25, 0.3) is 0 Å². The Kier molecular flexibility index (Phi) is 16.0. The molecule has 0 aliphatic heterocycles. The first-order valence-electron chi connectivity index (χ1n) is 1.02. The molecule has 0 aliphatic rings. The van der Waals surface area contributed by atoms with Crippen molar-refractivity contribution in [2.24, 2.45) is 0 Å². The first-order chi connectivity index (χ1) is 1.91. The van der Waals surface area contributed by atoms with Gasteiger partial charge < -0.3 is 5.32 Å². The van der Waals surface area contributed by atoms with E-state index in [9.17, 15) is 0 Å². The van der Waals surface area contributed by atoms with Crippen LogP contribution in [0.15, 0.2) is 0 Å². The molecule has 0 heterocycles. The molecule has 0 rings (SSSR count). The van der Waals surface area contributed by atoms with Crippen LogP contribution in [0.3, 0.4) is 0 Å². The molecule has 0 spiro atoms. The third-order valence-electron chi connectivity index (χ3n) is 0.118. The maximum atomic E-state index is 9.06. The molecule has 0 atom stereocenters. The molecular weight excluding hydrogens is 127 g/mol. The Balaban J connectivity index is 0. The van der Waals surface area contributed by atoms with E-state index in [0.29, 0.717) is 6.41 Å². The summed E-state index contributed by atoms with van der Waals surface area (Å²) in [6.07, 6.45) is 0.625. The summed E-state index contributed by atoms with van der Waals surface area (Å²) in [6, 6.07) is 0. The van der Waals surface area contributed by atoms with Gasteiger partial charge >= 0.3 is 17.6 Å². The van der Waals surface area contributed by atoms with E-state index in [4.69, 9.17) is 4.79 Å². The van der Waals surface area contributed by atoms with Crippen LogP contribution >= 0.6 is 0 Å². The van der Waals surface area contributed by atoms with Gasteiger partial charge in [0, 0.05) is 7.05 Å². The molecule has 0 aromatic rings. The van der Waals surface area contributed by atoms with E-state index in [-0.39, 0.29) is 17.6 Å². The molecule has 2 nitrogen and oxygen atoms in total. The molecular formula is C2H9GeNO. The molecule has 0 unspecified atom stereocenters. The second kappa shape index (κ2) is 8.99. The predicted molar refractivity (Wildman–Crippen MR) is 26.5 cm³/mol. The Morgan fingerprint density at radius 3 is 2.00 bits per heavy atom. The van der Waals surface area contributed by atoms with Crippen LogP contribution < -0.4 is 5.32 Å². The zero-order valence-electron chi connectivity index (χ0n) is 2.49. The Morgan fingerprint density at radius 1 is 1.80 bits per heavy atom. The Hall–Kier alpha value is 0.0129. The van der Waals surface area contributed by atoms with E-state index in [1.807, 2.05) is 0 Å². The molecule has 0 aromatic heterocycles. The van der Waals surface area contributed by atoms with Gasteiger partial charge in [-0.15, -0.1) is 0 Å². The zero-order chi connectivity index (χ0) is 3.41. The second-order valence-electron chi connectivity index (χ2n) is 0.407. The van der Waals surface area contributed by atoms with Crippen molar-refractivity contribution in [2.45, 2.75) is 0 Å². The van der Waals surface area contributed by atoms with Crippen LogP contribution in [0, 0.1) is 0 Å². The monoisotopic (exact) mass is 137 g/mol. The van der Waals surface area contributed by atoms with Crippen molar-refractivity contribution in [2.75, 3.05) is 7.05 Å². The summed E-state index contributed by atoms with van der Waals surface area (Å²) in [5.74, 6) is 0. The molecule has 0 fully saturated rings. The van der Waals surface area contributed by atoms with E-state index in [2.05, 4.69) is 5.32 Å². The number of rotatable bonds is 1. The molecule has 32 valence electrons. The van der Waals surface area contributed by atoms with E-state index in [0.717, 1.165) is 0 Å². The molecule has 0 radical (unpaired) electrons. The second-order valence-corrected chi connectivity index (χ2v) is 0.407. The molecule has 1 N–H and O–H groups in total. The topological polar surface area (TPSA) is 29.1 Å². The summed E-state index contributed by atoms with van der Waals surface area (Å²) in [4.78, 5) is 9.06. The van der Waals surface area contributed by atoms with E-state index in [1.165, 1.54) is 0 Å². The zero-order valence-corrected chi connectivity index (χ0v) is 2.49. The number of nitrogens with one attached hydrogen (secondary N) is 1. The average molecular weight is 136 g/mol. The Labute approximate surface area is 41.9 Å². The number of carbonyl (C=O) groups excluding carboxylic acids is 1. The average Bonchev–Trinajstić information content (AvgIpc) is 1.37. The van der Waals surface area contributed by atoms with Crippen molar-refractivity contribution in [1.82, 2.24) is 5.32 Å². The number of hydrogen-bond acceptors (Lipinski definition) is 1. The first-order valence-corrected chi connectivity index (χ1v) is 1.02. The quantitative estimate of drug-likeness (QED) is 0.325. The molecule has 0 bridgehead atoms. The fourth-order valence-corrected chi connectivity index (χ4v) is 0. The van der Waals surface area contributed by atoms with Crippen molar-refractivity contribution in [3.63, 3.8) is 0 Å². The molecule has 1 amide bonds. The minimum absolute atomic E-state index is 0. The van der Waals surface area contributed by atoms with Crippen molar-refractivity contribution in [3.8, 4) is 0 Å². The van der Waals surface area contributed by atoms with E-state index in [1.54, 1.807) is 7.05 Å². The minimum atomic E-state index is 0. The van der Waals surface area contributed by atoms with Gasteiger partial charge in [0.25, 0.3) is 0 Å². The SMILES string of the molecule is CNC=O.[GeH4].